The second-order valence-electron chi connectivity index (χ2n) is 6.82. The number of hydrogen-bond acceptors (Lipinski definition) is 1. The number of carbonyl (C=O) groups excluding carboxylic acids is 1. The van der Waals surface area contributed by atoms with Crippen LogP contribution in [0.5, 0.6) is 0 Å². The Balaban J connectivity index is 2.04. The molecule has 0 aromatic heterocycles. The van der Waals surface area contributed by atoms with Crippen LogP contribution in [0, 0.1) is 5.92 Å². The van der Waals surface area contributed by atoms with Crippen LogP contribution in [0.3, 0.4) is 0 Å². The van der Waals surface area contributed by atoms with Gasteiger partial charge >= 0.3 is 0 Å². The number of allylic oxidation sites excluding steroid dienone is 2. The highest BCUT2D eigenvalue weighted by atomic mass is 16.1. The van der Waals surface area contributed by atoms with Crippen molar-refractivity contribution in [3.05, 3.63) is 59.7 Å². The van der Waals surface area contributed by atoms with Crippen LogP contribution in [0.2, 0.25) is 0 Å². The van der Waals surface area contributed by atoms with E-state index in [0.717, 1.165) is 6.42 Å². The first-order valence-electron chi connectivity index (χ1n) is 7.70. The fraction of sp³-hybridized carbons (Fsp3) is 0.350. The predicted octanol–water partition coefficient (Wildman–Crippen LogP) is 5.04. The molecule has 0 amide bonds. The molecule has 0 N–H and O–H groups in total. The molecule has 0 saturated carbocycles. The highest BCUT2D eigenvalue weighted by Gasteiger charge is 2.34. The summed E-state index contributed by atoms with van der Waals surface area (Å²) in [6.07, 6.45) is 3.46. The van der Waals surface area contributed by atoms with Crippen molar-refractivity contribution in [1.82, 2.24) is 0 Å². The third-order valence-electron chi connectivity index (χ3n) is 4.69. The summed E-state index contributed by atoms with van der Waals surface area (Å²) in [5.74, 6) is 0.703. The number of benzene rings is 2. The molecule has 0 heterocycles. The van der Waals surface area contributed by atoms with Crippen LogP contribution in [0.1, 0.15) is 39.2 Å². The van der Waals surface area contributed by atoms with Crippen LogP contribution in [0.25, 0.3) is 10.8 Å². The molecule has 0 unspecified atom stereocenters. The molecule has 0 radical (unpaired) electrons. The van der Waals surface area contributed by atoms with Gasteiger partial charge in [0.2, 0.25) is 0 Å². The number of fused-ring (bicyclic) bond motifs is 1. The Morgan fingerprint density at radius 3 is 2.43 bits per heavy atom. The molecule has 21 heavy (non-hydrogen) atoms. The summed E-state index contributed by atoms with van der Waals surface area (Å²) in [6.45, 7) is 6.57. The normalized spacial score (nSPS) is 22.7. The van der Waals surface area contributed by atoms with Crippen LogP contribution in [-0.4, -0.2) is 5.78 Å². The maximum atomic E-state index is 12.2. The molecule has 0 aliphatic heterocycles. The van der Waals surface area contributed by atoms with Gasteiger partial charge in [-0.1, -0.05) is 68.8 Å². The van der Waals surface area contributed by atoms with Gasteiger partial charge in [-0.25, -0.2) is 0 Å². The Hall–Kier alpha value is -1.89. The first-order valence-corrected chi connectivity index (χ1v) is 7.70. The van der Waals surface area contributed by atoms with Gasteiger partial charge in [0, 0.05) is 11.8 Å². The molecule has 0 spiro atoms. The second-order valence-corrected chi connectivity index (χ2v) is 6.82. The van der Waals surface area contributed by atoms with Gasteiger partial charge in [-0.2, -0.15) is 0 Å². The van der Waals surface area contributed by atoms with Crippen molar-refractivity contribution in [3.63, 3.8) is 0 Å². The highest BCUT2D eigenvalue weighted by molar-refractivity contribution is 5.93. The van der Waals surface area contributed by atoms with Gasteiger partial charge < -0.3 is 0 Å². The van der Waals surface area contributed by atoms with E-state index in [4.69, 9.17) is 0 Å². The molecule has 1 aliphatic rings. The zero-order valence-electron chi connectivity index (χ0n) is 13.0. The summed E-state index contributed by atoms with van der Waals surface area (Å²) in [4.78, 5) is 12.2. The fourth-order valence-electron chi connectivity index (χ4n) is 3.35. The maximum absolute atomic E-state index is 12.2. The first-order chi connectivity index (χ1) is 9.98. The Bertz CT molecular complexity index is 723. The third-order valence-corrected chi connectivity index (χ3v) is 4.69. The Morgan fingerprint density at radius 2 is 1.71 bits per heavy atom. The van der Waals surface area contributed by atoms with E-state index in [2.05, 4.69) is 63.2 Å². The van der Waals surface area contributed by atoms with E-state index in [-0.39, 0.29) is 11.2 Å². The van der Waals surface area contributed by atoms with Gasteiger partial charge in [-0.05, 0) is 34.8 Å². The lowest BCUT2D eigenvalue weighted by atomic mass is 9.68. The minimum Gasteiger partial charge on any atom is -0.295 e. The molecule has 3 rings (SSSR count). The largest absolute Gasteiger partial charge is 0.295 e. The van der Waals surface area contributed by atoms with E-state index < -0.39 is 0 Å². The molecule has 1 heteroatoms. The number of carbonyl (C=O) groups is 1. The molecular weight excluding hydrogens is 256 g/mol. The summed E-state index contributed by atoms with van der Waals surface area (Å²) < 4.78 is 0. The van der Waals surface area contributed by atoms with Gasteiger partial charge in [0.15, 0.2) is 5.78 Å². The van der Waals surface area contributed by atoms with Crippen LogP contribution in [0.4, 0.5) is 0 Å². The monoisotopic (exact) mass is 278 g/mol. The van der Waals surface area contributed by atoms with Crippen LogP contribution >= 0.6 is 0 Å². The number of hydrogen-bond donors (Lipinski definition) is 0. The summed E-state index contributed by atoms with van der Waals surface area (Å²) in [7, 11) is 0. The Morgan fingerprint density at radius 1 is 1.00 bits per heavy atom. The molecule has 1 nitrogen and oxygen atoms in total. The average Bonchev–Trinajstić information content (AvgIpc) is 2.46. The number of rotatable bonds is 2. The molecule has 2 aromatic carbocycles. The van der Waals surface area contributed by atoms with Crippen LogP contribution < -0.4 is 0 Å². The van der Waals surface area contributed by atoms with Gasteiger partial charge in [0.1, 0.15) is 0 Å². The molecule has 0 bridgehead atoms. The van der Waals surface area contributed by atoms with E-state index >= 15 is 0 Å². The molecule has 1 aliphatic carbocycles. The Kier molecular flexibility index (Phi) is 3.44. The maximum Gasteiger partial charge on any atom is 0.156 e. The van der Waals surface area contributed by atoms with Gasteiger partial charge in [0.05, 0.1) is 0 Å². The van der Waals surface area contributed by atoms with E-state index in [9.17, 15) is 4.79 Å². The van der Waals surface area contributed by atoms with Crippen LogP contribution in [-0.2, 0) is 10.2 Å². The van der Waals surface area contributed by atoms with Crippen LogP contribution in [0.15, 0.2) is 54.1 Å². The average molecular weight is 278 g/mol. The van der Waals surface area contributed by atoms with E-state index in [1.807, 2.05) is 6.08 Å². The van der Waals surface area contributed by atoms with Crippen molar-refractivity contribution in [1.29, 1.82) is 0 Å². The van der Waals surface area contributed by atoms with Crippen molar-refractivity contribution in [2.45, 2.75) is 39.0 Å². The zero-order valence-corrected chi connectivity index (χ0v) is 13.0. The van der Waals surface area contributed by atoms with E-state index in [1.165, 1.54) is 21.9 Å². The van der Waals surface area contributed by atoms with Crippen molar-refractivity contribution in [2.24, 2.45) is 5.92 Å². The van der Waals surface area contributed by atoms with E-state index in [0.29, 0.717) is 12.3 Å². The summed E-state index contributed by atoms with van der Waals surface area (Å²) in [6, 6.07) is 15.0. The topological polar surface area (TPSA) is 17.1 Å². The molecule has 2 aromatic rings. The summed E-state index contributed by atoms with van der Waals surface area (Å²) in [5, 5.41) is 2.51. The molecule has 108 valence electrons. The first kappa shape index (κ1) is 14.1. The lowest BCUT2D eigenvalue weighted by Gasteiger charge is -2.35. The smallest absolute Gasteiger partial charge is 0.156 e. The number of ketones is 1. The summed E-state index contributed by atoms with van der Waals surface area (Å²) in [5.41, 5.74) is 2.48. The van der Waals surface area contributed by atoms with Gasteiger partial charge in [0.25, 0.3) is 0 Å². The van der Waals surface area contributed by atoms with Gasteiger partial charge in [-0.15, -0.1) is 0 Å². The highest BCUT2D eigenvalue weighted by Crippen LogP contribution is 2.40. The van der Waals surface area contributed by atoms with Gasteiger partial charge in [-0.3, -0.25) is 4.79 Å². The van der Waals surface area contributed by atoms with Crippen molar-refractivity contribution in [2.75, 3.05) is 0 Å². The van der Waals surface area contributed by atoms with Crippen molar-refractivity contribution in [3.8, 4) is 0 Å². The standard InChI is InChI=1S/C20H22O/c1-14(2)17-11-19(21)13-20(3,12-17)18-9-8-15-6-4-5-7-16(15)10-18/h4-11,14H,12-13H2,1-3H3/t20-/m1/s1. The zero-order chi connectivity index (χ0) is 15.0. The summed E-state index contributed by atoms with van der Waals surface area (Å²) >= 11 is 0. The molecule has 1 atom stereocenters. The minimum absolute atomic E-state index is 0.0739. The molecule has 0 fully saturated rings. The quantitative estimate of drug-likeness (QED) is 0.752. The lowest BCUT2D eigenvalue weighted by molar-refractivity contribution is -0.116. The molecule has 0 saturated heterocycles. The SMILES string of the molecule is CC(C)C1=CC(=O)C[C@](C)(c2ccc3ccccc3c2)C1. The Labute approximate surface area is 126 Å². The molecular formula is C20H22O. The lowest BCUT2D eigenvalue weighted by Crippen LogP contribution is -2.30. The predicted molar refractivity (Wildman–Crippen MR) is 88.5 cm³/mol. The fourth-order valence-corrected chi connectivity index (χ4v) is 3.35. The second kappa shape index (κ2) is 5.14. The minimum atomic E-state index is -0.0739. The van der Waals surface area contributed by atoms with E-state index in [1.54, 1.807) is 0 Å². The van der Waals surface area contributed by atoms with Crippen molar-refractivity contribution >= 4 is 16.6 Å². The third kappa shape index (κ3) is 2.65. The van der Waals surface area contributed by atoms with Crippen molar-refractivity contribution < 1.29 is 4.79 Å².